The van der Waals surface area contributed by atoms with Crippen molar-refractivity contribution in [3.05, 3.63) is 57.9 Å². The summed E-state index contributed by atoms with van der Waals surface area (Å²) in [6.07, 6.45) is 2.84. The molecule has 1 aliphatic heterocycles. The summed E-state index contributed by atoms with van der Waals surface area (Å²) in [5, 5.41) is 0. The van der Waals surface area contributed by atoms with Crippen molar-refractivity contribution < 1.29 is 13.2 Å². The fourth-order valence-corrected chi connectivity index (χ4v) is 6.66. The summed E-state index contributed by atoms with van der Waals surface area (Å²) >= 11 is 1.49. The van der Waals surface area contributed by atoms with Crippen LogP contribution >= 0.6 is 11.3 Å². The van der Waals surface area contributed by atoms with Crippen LogP contribution < -0.4 is 4.80 Å². The zero-order chi connectivity index (χ0) is 22.2. The van der Waals surface area contributed by atoms with Crippen molar-refractivity contribution in [1.29, 1.82) is 0 Å². The number of hydrogen-bond acceptors (Lipinski definition) is 4. The monoisotopic (exact) mass is 457 g/mol. The molecule has 0 saturated carbocycles. The number of hydrogen-bond donors (Lipinski definition) is 0. The third-order valence-electron chi connectivity index (χ3n) is 5.93. The third-order valence-corrected chi connectivity index (χ3v) is 8.89. The molecule has 2 aromatic carbocycles. The highest BCUT2D eigenvalue weighted by Crippen LogP contribution is 2.24. The molecule has 0 atom stereocenters. The van der Waals surface area contributed by atoms with Crippen LogP contribution in [0.4, 0.5) is 0 Å². The molecule has 1 aliphatic rings. The second-order valence-electron chi connectivity index (χ2n) is 7.89. The number of aryl methyl sites for hydroxylation is 3. The zero-order valence-electron chi connectivity index (χ0n) is 18.1. The van der Waals surface area contributed by atoms with Crippen molar-refractivity contribution in [2.45, 2.75) is 51.5 Å². The highest BCUT2D eigenvalue weighted by atomic mass is 32.2. The number of rotatable bonds is 4. The summed E-state index contributed by atoms with van der Waals surface area (Å²) < 4.78 is 30.3. The summed E-state index contributed by atoms with van der Waals surface area (Å²) in [7, 11) is -3.51. The van der Waals surface area contributed by atoms with Gasteiger partial charge in [0.25, 0.3) is 5.91 Å². The Morgan fingerprint density at radius 3 is 2.35 bits per heavy atom. The van der Waals surface area contributed by atoms with E-state index in [2.05, 4.69) is 35.5 Å². The molecule has 6 nitrogen and oxygen atoms in total. The fourth-order valence-electron chi connectivity index (χ4n) is 3.99. The van der Waals surface area contributed by atoms with E-state index in [0.717, 1.165) is 29.5 Å². The van der Waals surface area contributed by atoms with Crippen molar-refractivity contribution in [2.24, 2.45) is 4.99 Å². The van der Waals surface area contributed by atoms with Gasteiger partial charge in [0.1, 0.15) is 0 Å². The number of thiazole rings is 1. The minimum atomic E-state index is -3.51. The molecular formula is C23H27N3O3S2. The summed E-state index contributed by atoms with van der Waals surface area (Å²) in [5.74, 6) is -0.370. The highest BCUT2D eigenvalue weighted by Gasteiger charge is 2.26. The molecule has 3 aromatic rings. The maximum atomic E-state index is 12.8. The van der Waals surface area contributed by atoms with E-state index in [1.165, 1.54) is 38.9 Å². The molecule has 1 aromatic heterocycles. The van der Waals surface area contributed by atoms with E-state index in [-0.39, 0.29) is 10.8 Å². The van der Waals surface area contributed by atoms with Crippen molar-refractivity contribution in [2.75, 3.05) is 13.1 Å². The Balaban J connectivity index is 1.66. The van der Waals surface area contributed by atoms with Crippen LogP contribution in [-0.4, -0.2) is 36.3 Å². The lowest BCUT2D eigenvalue weighted by atomic mass is 10.1. The number of fused-ring (bicyclic) bond motifs is 1. The average molecular weight is 458 g/mol. The lowest BCUT2D eigenvalue weighted by molar-refractivity contribution is 0.0997. The van der Waals surface area contributed by atoms with Gasteiger partial charge < -0.3 is 4.57 Å². The van der Waals surface area contributed by atoms with E-state index in [1.54, 1.807) is 12.1 Å². The van der Waals surface area contributed by atoms with Crippen molar-refractivity contribution >= 4 is 37.5 Å². The number of amides is 1. The Morgan fingerprint density at radius 1 is 1.03 bits per heavy atom. The first-order valence-electron chi connectivity index (χ1n) is 10.6. The van der Waals surface area contributed by atoms with E-state index < -0.39 is 10.0 Å². The van der Waals surface area contributed by atoms with Crippen LogP contribution in [0.2, 0.25) is 0 Å². The first kappa shape index (κ1) is 21.9. The summed E-state index contributed by atoms with van der Waals surface area (Å²) in [5.41, 5.74) is 3.89. The van der Waals surface area contributed by atoms with Gasteiger partial charge in [0.15, 0.2) is 4.80 Å². The molecule has 8 heteroatoms. The standard InChI is InChI=1S/C23H27N3O3S2/c1-4-26-21-17(3)16(2)8-13-20(21)30-23(26)24-22(27)18-9-11-19(12-10-18)31(28,29)25-14-6-5-7-15-25/h8-13H,4-7,14-15H2,1-3H3. The van der Waals surface area contributed by atoms with Crippen LogP contribution in [0.1, 0.15) is 47.7 Å². The lowest BCUT2D eigenvalue weighted by Crippen LogP contribution is -2.35. The van der Waals surface area contributed by atoms with Gasteiger partial charge in [-0.3, -0.25) is 4.79 Å². The normalized spacial score (nSPS) is 16.2. The third kappa shape index (κ3) is 4.12. The largest absolute Gasteiger partial charge is 0.316 e. The number of sulfonamides is 1. The van der Waals surface area contributed by atoms with Crippen LogP contribution in [0, 0.1) is 13.8 Å². The van der Waals surface area contributed by atoms with E-state index in [1.807, 2.05) is 6.92 Å². The predicted molar refractivity (Wildman–Crippen MR) is 124 cm³/mol. The Bertz CT molecular complexity index is 1300. The molecule has 0 N–H and O–H groups in total. The average Bonchev–Trinajstić information content (AvgIpc) is 3.14. The molecule has 4 rings (SSSR count). The molecule has 0 aliphatic carbocycles. The van der Waals surface area contributed by atoms with Gasteiger partial charge in [-0.25, -0.2) is 8.42 Å². The van der Waals surface area contributed by atoms with Crippen LogP contribution in [0.15, 0.2) is 46.3 Å². The molecule has 1 amide bonds. The Hall–Kier alpha value is -2.29. The molecule has 0 bridgehead atoms. The SMILES string of the molecule is CCn1c(=NC(=O)c2ccc(S(=O)(=O)N3CCCCC3)cc2)sc2ccc(C)c(C)c21. The molecule has 0 spiro atoms. The van der Waals surface area contributed by atoms with Gasteiger partial charge in [-0.15, -0.1) is 0 Å². The summed E-state index contributed by atoms with van der Waals surface area (Å²) in [6, 6.07) is 10.3. The van der Waals surface area contributed by atoms with E-state index in [9.17, 15) is 13.2 Å². The minimum Gasteiger partial charge on any atom is -0.316 e. The number of carbonyl (C=O) groups is 1. The Labute approximate surface area is 186 Å². The number of benzene rings is 2. The van der Waals surface area contributed by atoms with Crippen molar-refractivity contribution in [3.63, 3.8) is 0 Å². The second kappa shape index (κ2) is 8.68. The van der Waals surface area contributed by atoms with Gasteiger partial charge in [0.2, 0.25) is 10.0 Å². The summed E-state index contributed by atoms with van der Waals surface area (Å²) in [6.45, 7) is 8.03. The quantitative estimate of drug-likeness (QED) is 0.588. The van der Waals surface area contributed by atoms with Crippen LogP contribution in [-0.2, 0) is 16.6 Å². The zero-order valence-corrected chi connectivity index (χ0v) is 19.7. The topological polar surface area (TPSA) is 71.7 Å². The fraction of sp³-hybridized carbons (Fsp3) is 0.391. The number of carbonyl (C=O) groups excluding carboxylic acids is 1. The molecule has 2 heterocycles. The molecular weight excluding hydrogens is 430 g/mol. The first-order valence-corrected chi connectivity index (χ1v) is 12.9. The van der Waals surface area contributed by atoms with E-state index >= 15 is 0 Å². The maximum absolute atomic E-state index is 12.8. The second-order valence-corrected chi connectivity index (χ2v) is 10.8. The Kier molecular flexibility index (Phi) is 6.14. The molecule has 1 fully saturated rings. The number of nitrogens with zero attached hydrogens (tertiary/aromatic N) is 3. The van der Waals surface area contributed by atoms with Gasteiger partial charge in [-0.1, -0.05) is 23.8 Å². The van der Waals surface area contributed by atoms with Crippen LogP contribution in [0.5, 0.6) is 0 Å². The minimum absolute atomic E-state index is 0.225. The Morgan fingerprint density at radius 2 is 1.71 bits per heavy atom. The van der Waals surface area contributed by atoms with Crippen molar-refractivity contribution in [1.82, 2.24) is 8.87 Å². The smallest absolute Gasteiger partial charge is 0.279 e. The van der Waals surface area contributed by atoms with E-state index in [4.69, 9.17) is 0 Å². The van der Waals surface area contributed by atoms with Crippen LogP contribution in [0.3, 0.4) is 0 Å². The molecule has 164 valence electrons. The molecule has 1 saturated heterocycles. The molecule has 31 heavy (non-hydrogen) atoms. The predicted octanol–water partition coefficient (Wildman–Crippen LogP) is 4.26. The maximum Gasteiger partial charge on any atom is 0.279 e. The lowest BCUT2D eigenvalue weighted by Gasteiger charge is -2.25. The van der Waals surface area contributed by atoms with Crippen LogP contribution in [0.25, 0.3) is 10.2 Å². The van der Waals surface area contributed by atoms with E-state index in [0.29, 0.717) is 30.0 Å². The number of piperidine rings is 1. The van der Waals surface area contributed by atoms with Gasteiger partial charge in [0, 0.05) is 25.2 Å². The van der Waals surface area contributed by atoms with Crippen molar-refractivity contribution in [3.8, 4) is 0 Å². The summed E-state index contributed by atoms with van der Waals surface area (Å²) in [4.78, 5) is 18.1. The van der Waals surface area contributed by atoms with Gasteiger partial charge >= 0.3 is 0 Å². The first-order chi connectivity index (χ1) is 14.8. The highest BCUT2D eigenvalue weighted by molar-refractivity contribution is 7.89. The van der Waals surface area contributed by atoms with Gasteiger partial charge in [0.05, 0.1) is 15.1 Å². The molecule has 0 unspecified atom stereocenters. The molecule has 0 radical (unpaired) electrons. The van der Waals surface area contributed by atoms with Gasteiger partial charge in [-0.2, -0.15) is 9.30 Å². The van der Waals surface area contributed by atoms with Gasteiger partial charge in [-0.05, 0) is 75.1 Å². The number of aromatic nitrogens is 1.